The van der Waals surface area contributed by atoms with Crippen LogP contribution in [0.5, 0.6) is 0 Å². The van der Waals surface area contributed by atoms with Crippen molar-refractivity contribution in [2.45, 2.75) is 12.7 Å². The van der Waals surface area contributed by atoms with E-state index in [0.29, 0.717) is 0 Å². The molecule has 142 valence electrons. The first-order valence-corrected chi connectivity index (χ1v) is 12.0. The number of hydrogen-bond acceptors (Lipinski definition) is 2. The van der Waals surface area contributed by atoms with Crippen LogP contribution in [0.15, 0.2) is 91.0 Å². The van der Waals surface area contributed by atoms with E-state index in [1.165, 1.54) is 48.0 Å². The lowest BCUT2D eigenvalue weighted by molar-refractivity contribution is 1.39. The second-order valence-electron chi connectivity index (χ2n) is 7.17. The highest BCUT2D eigenvalue weighted by Gasteiger charge is 2.13. The third-order valence-corrected chi connectivity index (χ3v) is 7.58. The van der Waals surface area contributed by atoms with Crippen LogP contribution in [0.4, 0.5) is 0 Å². The standard InChI is InChI=1S/C27H22S2/c1-2-28-18-19-14-16-21(17-15-19)23-11-7-13-25-24-12-6-10-22(26(24)29-27(23)25)20-8-4-3-5-9-20/h3-17H,2,18H2,1H3. The first kappa shape index (κ1) is 18.5. The summed E-state index contributed by atoms with van der Waals surface area (Å²) in [6.45, 7) is 2.21. The zero-order valence-electron chi connectivity index (χ0n) is 16.4. The average Bonchev–Trinajstić information content (AvgIpc) is 3.18. The van der Waals surface area contributed by atoms with Gasteiger partial charge in [0.1, 0.15) is 0 Å². The summed E-state index contributed by atoms with van der Waals surface area (Å²) in [5.74, 6) is 2.25. The highest BCUT2D eigenvalue weighted by Crippen LogP contribution is 2.43. The molecule has 0 N–H and O–H groups in total. The summed E-state index contributed by atoms with van der Waals surface area (Å²) in [6, 6.07) is 33.2. The molecule has 29 heavy (non-hydrogen) atoms. The molecular formula is C27H22S2. The molecule has 0 aliphatic carbocycles. The monoisotopic (exact) mass is 410 g/mol. The van der Waals surface area contributed by atoms with Crippen LogP contribution in [0.3, 0.4) is 0 Å². The van der Waals surface area contributed by atoms with Gasteiger partial charge in [0.25, 0.3) is 0 Å². The molecular weight excluding hydrogens is 388 g/mol. The van der Waals surface area contributed by atoms with Crippen LogP contribution in [0.25, 0.3) is 42.4 Å². The summed E-state index contributed by atoms with van der Waals surface area (Å²) < 4.78 is 2.75. The van der Waals surface area contributed by atoms with Crippen LogP contribution in [0.2, 0.25) is 0 Å². The Balaban J connectivity index is 1.66. The number of hydrogen-bond donors (Lipinski definition) is 0. The molecule has 0 saturated carbocycles. The Morgan fingerprint density at radius 1 is 0.621 bits per heavy atom. The van der Waals surface area contributed by atoms with E-state index in [1.807, 2.05) is 23.1 Å². The fraction of sp³-hybridized carbons (Fsp3) is 0.111. The summed E-state index contributed by atoms with van der Waals surface area (Å²) in [7, 11) is 0. The van der Waals surface area contributed by atoms with Gasteiger partial charge in [-0.1, -0.05) is 97.9 Å². The van der Waals surface area contributed by atoms with E-state index in [0.717, 1.165) is 11.5 Å². The number of benzene rings is 4. The van der Waals surface area contributed by atoms with E-state index < -0.39 is 0 Å². The van der Waals surface area contributed by atoms with E-state index in [4.69, 9.17) is 0 Å². The van der Waals surface area contributed by atoms with Crippen molar-refractivity contribution in [3.63, 3.8) is 0 Å². The number of rotatable bonds is 5. The molecule has 0 bridgehead atoms. The van der Waals surface area contributed by atoms with Gasteiger partial charge < -0.3 is 0 Å². The first-order valence-electron chi connectivity index (χ1n) is 10.0. The van der Waals surface area contributed by atoms with Crippen LogP contribution < -0.4 is 0 Å². The smallest absolute Gasteiger partial charge is 0.0434 e. The van der Waals surface area contributed by atoms with Gasteiger partial charge in [0.15, 0.2) is 0 Å². The minimum absolute atomic E-state index is 1.09. The SMILES string of the molecule is CCSCc1ccc(-c2cccc3c2sc2c(-c4ccccc4)cccc23)cc1. The molecule has 5 aromatic rings. The van der Waals surface area contributed by atoms with Crippen molar-refractivity contribution in [1.29, 1.82) is 0 Å². The molecule has 0 aliphatic heterocycles. The normalized spacial score (nSPS) is 11.3. The van der Waals surface area contributed by atoms with Gasteiger partial charge in [-0.25, -0.2) is 0 Å². The van der Waals surface area contributed by atoms with Crippen molar-refractivity contribution in [1.82, 2.24) is 0 Å². The molecule has 2 heteroatoms. The minimum Gasteiger partial charge on any atom is -0.157 e. The van der Waals surface area contributed by atoms with Crippen molar-refractivity contribution in [3.8, 4) is 22.3 Å². The Labute approximate surface area is 180 Å². The lowest BCUT2D eigenvalue weighted by Gasteiger charge is -2.05. The molecule has 0 fully saturated rings. The molecule has 4 aromatic carbocycles. The maximum Gasteiger partial charge on any atom is 0.0434 e. The number of fused-ring (bicyclic) bond motifs is 3. The van der Waals surface area contributed by atoms with Gasteiger partial charge in [0.2, 0.25) is 0 Å². The summed E-state index contributed by atoms with van der Waals surface area (Å²) in [5.41, 5.74) is 6.63. The predicted molar refractivity (Wildman–Crippen MR) is 132 cm³/mol. The van der Waals surface area contributed by atoms with Crippen molar-refractivity contribution in [2.75, 3.05) is 5.75 Å². The summed E-state index contributed by atoms with van der Waals surface area (Å²) in [5, 5.41) is 2.70. The second-order valence-corrected chi connectivity index (χ2v) is 9.46. The van der Waals surface area contributed by atoms with Gasteiger partial charge >= 0.3 is 0 Å². The largest absolute Gasteiger partial charge is 0.157 e. The molecule has 0 atom stereocenters. The molecule has 5 rings (SSSR count). The molecule has 0 aliphatic rings. The Kier molecular flexibility index (Phi) is 5.13. The topological polar surface area (TPSA) is 0 Å². The molecule has 1 aromatic heterocycles. The lowest BCUT2D eigenvalue weighted by Crippen LogP contribution is -1.83. The van der Waals surface area contributed by atoms with E-state index in [-0.39, 0.29) is 0 Å². The van der Waals surface area contributed by atoms with E-state index in [9.17, 15) is 0 Å². The Bertz CT molecular complexity index is 1260. The molecule has 0 saturated heterocycles. The van der Waals surface area contributed by atoms with Gasteiger partial charge in [-0.15, -0.1) is 11.3 Å². The molecule has 0 radical (unpaired) electrons. The Hall–Kier alpha value is -2.55. The fourth-order valence-corrected chi connectivity index (χ4v) is 5.90. The van der Waals surface area contributed by atoms with Crippen molar-refractivity contribution < 1.29 is 0 Å². The zero-order valence-corrected chi connectivity index (χ0v) is 18.0. The third-order valence-electron chi connectivity index (χ3n) is 5.35. The third kappa shape index (κ3) is 3.48. The summed E-state index contributed by atoms with van der Waals surface area (Å²) >= 11 is 3.89. The van der Waals surface area contributed by atoms with E-state index in [2.05, 4.69) is 97.9 Å². The molecule has 0 amide bonds. The molecule has 0 nitrogen and oxygen atoms in total. The molecule has 1 heterocycles. The quantitative estimate of drug-likeness (QED) is 0.279. The van der Waals surface area contributed by atoms with Gasteiger partial charge in [0, 0.05) is 25.9 Å². The maximum absolute atomic E-state index is 2.28. The lowest BCUT2D eigenvalue weighted by atomic mass is 10.00. The van der Waals surface area contributed by atoms with Gasteiger partial charge in [-0.05, 0) is 33.6 Å². The minimum atomic E-state index is 1.09. The maximum atomic E-state index is 2.28. The van der Waals surface area contributed by atoms with Gasteiger partial charge in [-0.2, -0.15) is 11.8 Å². The summed E-state index contributed by atoms with van der Waals surface area (Å²) in [6.07, 6.45) is 0. The first-order chi connectivity index (χ1) is 14.3. The van der Waals surface area contributed by atoms with Gasteiger partial charge in [0.05, 0.1) is 0 Å². The van der Waals surface area contributed by atoms with Crippen molar-refractivity contribution >= 4 is 43.3 Å². The Morgan fingerprint density at radius 2 is 1.21 bits per heavy atom. The number of thiophene rings is 1. The molecule has 0 spiro atoms. The molecule has 0 unspecified atom stereocenters. The average molecular weight is 411 g/mol. The number of thioether (sulfide) groups is 1. The van der Waals surface area contributed by atoms with Crippen LogP contribution in [0, 0.1) is 0 Å². The highest BCUT2D eigenvalue weighted by atomic mass is 32.2. The van der Waals surface area contributed by atoms with Crippen molar-refractivity contribution in [3.05, 3.63) is 96.6 Å². The van der Waals surface area contributed by atoms with E-state index in [1.54, 1.807) is 0 Å². The predicted octanol–water partition coefficient (Wildman–Crippen LogP) is 8.64. The highest BCUT2D eigenvalue weighted by molar-refractivity contribution is 7.98. The summed E-state index contributed by atoms with van der Waals surface area (Å²) in [4.78, 5) is 0. The van der Waals surface area contributed by atoms with Crippen LogP contribution >= 0.6 is 23.1 Å². The van der Waals surface area contributed by atoms with Crippen LogP contribution in [-0.2, 0) is 5.75 Å². The van der Waals surface area contributed by atoms with Gasteiger partial charge in [-0.3, -0.25) is 0 Å². The van der Waals surface area contributed by atoms with Crippen LogP contribution in [0.1, 0.15) is 12.5 Å². The zero-order chi connectivity index (χ0) is 19.6. The van der Waals surface area contributed by atoms with Crippen molar-refractivity contribution in [2.24, 2.45) is 0 Å². The fourth-order valence-electron chi connectivity index (χ4n) is 3.89. The Morgan fingerprint density at radius 3 is 1.79 bits per heavy atom. The van der Waals surface area contributed by atoms with Crippen LogP contribution in [-0.4, -0.2) is 5.75 Å². The second kappa shape index (κ2) is 8.06. The van der Waals surface area contributed by atoms with E-state index >= 15 is 0 Å².